The van der Waals surface area contributed by atoms with Gasteiger partial charge in [0.2, 0.25) is 5.91 Å². The Balaban J connectivity index is 1.84. The first kappa shape index (κ1) is 22.3. The van der Waals surface area contributed by atoms with E-state index in [9.17, 15) is 4.79 Å². The van der Waals surface area contributed by atoms with Gasteiger partial charge in [-0.3, -0.25) is 4.79 Å². The Morgan fingerprint density at radius 3 is 2.28 bits per heavy atom. The lowest BCUT2D eigenvalue weighted by molar-refractivity contribution is -0.116. The minimum Gasteiger partial charge on any atom is -0.497 e. The van der Waals surface area contributed by atoms with E-state index in [1.165, 1.54) is 5.56 Å². The number of hydrogen-bond acceptors (Lipinski definition) is 3. The van der Waals surface area contributed by atoms with E-state index in [1.54, 1.807) is 7.11 Å². The van der Waals surface area contributed by atoms with Crippen LogP contribution in [-0.4, -0.2) is 32.1 Å². The second-order valence-electron chi connectivity index (χ2n) is 6.72. The number of hydrogen-bond donors (Lipinski definition) is 3. The monoisotopic (exact) mass is 396 g/mol. The first-order valence-electron chi connectivity index (χ1n) is 10.2. The fraction of sp³-hybridized carbons (Fsp3) is 0.391. The highest BCUT2D eigenvalue weighted by molar-refractivity contribution is 5.90. The van der Waals surface area contributed by atoms with E-state index in [-0.39, 0.29) is 5.91 Å². The summed E-state index contributed by atoms with van der Waals surface area (Å²) in [4.78, 5) is 16.3. The van der Waals surface area contributed by atoms with Gasteiger partial charge in [-0.2, -0.15) is 0 Å². The van der Waals surface area contributed by atoms with Crippen LogP contribution in [0.3, 0.4) is 0 Å². The Morgan fingerprint density at radius 1 is 0.966 bits per heavy atom. The molecule has 0 saturated heterocycles. The number of amides is 1. The quantitative estimate of drug-likeness (QED) is 0.423. The third-order valence-electron chi connectivity index (χ3n) is 4.34. The lowest BCUT2D eigenvalue weighted by Crippen LogP contribution is -2.38. The first-order chi connectivity index (χ1) is 14.1. The van der Waals surface area contributed by atoms with Gasteiger partial charge in [0.15, 0.2) is 5.96 Å². The maximum atomic E-state index is 11.7. The standard InChI is InChI=1S/C23H32N4O2/c1-4-6-22(28)27-20-11-7-19(8-12-20)17-26-23(24-5-2)25-16-15-18-9-13-21(29-3)14-10-18/h7-14H,4-6,15-17H2,1-3H3,(H,27,28)(H2,24,25,26). The summed E-state index contributed by atoms with van der Waals surface area (Å²) in [6.45, 7) is 6.21. The normalized spacial score (nSPS) is 11.1. The predicted molar refractivity (Wildman–Crippen MR) is 119 cm³/mol. The third-order valence-corrected chi connectivity index (χ3v) is 4.34. The molecule has 0 fully saturated rings. The molecule has 0 spiro atoms. The third kappa shape index (κ3) is 8.25. The second kappa shape index (κ2) is 12.4. The molecular weight excluding hydrogens is 364 g/mol. The molecule has 0 atom stereocenters. The van der Waals surface area contributed by atoms with Crippen LogP contribution in [0.1, 0.15) is 37.8 Å². The van der Waals surface area contributed by atoms with Crippen molar-refractivity contribution in [1.82, 2.24) is 10.6 Å². The number of aliphatic imine (C=N–C) groups is 1. The van der Waals surface area contributed by atoms with E-state index < -0.39 is 0 Å². The minimum atomic E-state index is 0.0498. The van der Waals surface area contributed by atoms with Crippen LogP contribution in [0.4, 0.5) is 5.69 Å². The van der Waals surface area contributed by atoms with E-state index in [0.717, 1.165) is 48.9 Å². The number of nitrogens with zero attached hydrogens (tertiary/aromatic N) is 1. The maximum absolute atomic E-state index is 11.7. The summed E-state index contributed by atoms with van der Waals surface area (Å²) in [7, 11) is 1.67. The van der Waals surface area contributed by atoms with Gasteiger partial charge in [-0.1, -0.05) is 31.2 Å². The van der Waals surface area contributed by atoms with E-state index in [2.05, 4.69) is 40.0 Å². The summed E-state index contributed by atoms with van der Waals surface area (Å²) in [5, 5.41) is 9.54. The van der Waals surface area contributed by atoms with Crippen molar-refractivity contribution in [3.05, 3.63) is 59.7 Å². The molecule has 0 aliphatic rings. The molecule has 0 aromatic heterocycles. The average molecular weight is 397 g/mol. The van der Waals surface area contributed by atoms with Gasteiger partial charge in [0.25, 0.3) is 0 Å². The second-order valence-corrected chi connectivity index (χ2v) is 6.72. The molecule has 3 N–H and O–H groups in total. The molecule has 0 heterocycles. The topological polar surface area (TPSA) is 74.8 Å². The van der Waals surface area contributed by atoms with Crippen LogP contribution in [-0.2, 0) is 17.8 Å². The molecule has 0 aliphatic heterocycles. The van der Waals surface area contributed by atoms with Crippen molar-refractivity contribution in [3.8, 4) is 5.75 Å². The van der Waals surface area contributed by atoms with Crippen LogP contribution < -0.4 is 20.7 Å². The first-order valence-corrected chi connectivity index (χ1v) is 10.2. The Labute approximate surface area is 173 Å². The summed E-state index contributed by atoms with van der Waals surface area (Å²) in [5.41, 5.74) is 3.15. The summed E-state index contributed by atoms with van der Waals surface area (Å²) < 4.78 is 5.19. The molecule has 2 aromatic rings. The fourth-order valence-corrected chi connectivity index (χ4v) is 2.77. The number of nitrogens with one attached hydrogen (secondary N) is 3. The highest BCUT2D eigenvalue weighted by Crippen LogP contribution is 2.12. The van der Waals surface area contributed by atoms with Gasteiger partial charge >= 0.3 is 0 Å². The van der Waals surface area contributed by atoms with Crippen LogP contribution in [0, 0.1) is 0 Å². The van der Waals surface area contributed by atoms with Crippen molar-refractivity contribution in [2.24, 2.45) is 4.99 Å². The van der Waals surface area contributed by atoms with E-state index in [0.29, 0.717) is 13.0 Å². The highest BCUT2D eigenvalue weighted by atomic mass is 16.5. The number of guanidine groups is 1. The maximum Gasteiger partial charge on any atom is 0.224 e. The summed E-state index contributed by atoms with van der Waals surface area (Å²) in [5.74, 6) is 1.71. The van der Waals surface area contributed by atoms with Crippen LogP contribution in [0.25, 0.3) is 0 Å². The molecule has 0 bridgehead atoms. The Bertz CT molecular complexity index is 770. The van der Waals surface area contributed by atoms with Crippen molar-refractivity contribution in [2.75, 3.05) is 25.5 Å². The molecule has 2 aromatic carbocycles. The van der Waals surface area contributed by atoms with Crippen molar-refractivity contribution in [2.45, 2.75) is 39.7 Å². The molecule has 6 nitrogen and oxygen atoms in total. The summed E-state index contributed by atoms with van der Waals surface area (Å²) in [6.07, 6.45) is 2.29. The van der Waals surface area contributed by atoms with E-state index in [4.69, 9.17) is 4.74 Å². The van der Waals surface area contributed by atoms with Crippen LogP contribution in [0.15, 0.2) is 53.5 Å². The van der Waals surface area contributed by atoms with Gasteiger partial charge in [0.05, 0.1) is 13.7 Å². The molecule has 0 aliphatic carbocycles. The van der Waals surface area contributed by atoms with Gasteiger partial charge < -0.3 is 20.7 Å². The van der Waals surface area contributed by atoms with Crippen LogP contribution in [0.2, 0.25) is 0 Å². The van der Waals surface area contributed by atoms with Gasteiger partial charge in [0.1, 0.15) is 5.75 Å². The highest BCUT2D eigenvalue weighted by Gasteiger charge is 2.02. The molecule has 0 radical (unpaired) electrons. The summed E-state index contributed by atoms with van der Waals surface area (Å²) >= 11 is 0. The molecule has 156 valence electrons. The lowest BCUT2D eigenvalue weighted by atomic mass is 10.1. The number of carbonyl (C=O) groups excluding carboxylic acids is 1. The van der Waals surface area contributed by atoms with E-state index in [1.807, 2.05) is 43.3 Å². The fourth-order valence-electron chi connectivity index (χ4n) is 2.77. The number of methoxy groups -OCH3 is 1. The molecule has 2 rings (SSSR count). The Kier molecular flexibility index (Phi) is 9.55. The molecule has 29 heavy (non-hydrogen) atoms. The minimum absolute atomic E-state index is 0.0498. The van der Waals surface area contributed by atoms with Gasteiger partial charge in [-0.25, -0.2) is 4.99 Å². The average Bonchev–Trinajstić information content (AvgIpc) is 2.73. The smallest absolute Gasteiger partial charge is 0.224 e. The van der Waals surface area contributed by atoms with Crippen LogP contribution >= 0.6 is 0 Å². The number of carbonyl (C=O) groups is 1. The zero-order valence-corrected chi connectivity index (χ0v) is 17.6. The van der Waals surface area contributed by atoms with Crippen molar-refractivity contribution < 1.29 is 9.53 Å². The number of benzene rings is 2. The van der Waals surface area contributed by atoms with Gasteiger partial charge in [-0.15, -0.1) is 0 Å². The molecule has 0 saturated carbocycles. The van der Waals surface area contributed by atoms with Gasteiger partial charge in [0, 0.05) is 25.2 Å². The molecule has 0 unspecified atom stereocenters. The molecular formula is C23H32N4O2. The zero-order chi connectivity index (χ0) is 20.9. The molecule has 1 amide bonds. The number of ether oxygens (including phenoxy) is 1. The molecule has 6 heteroatoms. The van der Waals surface area contributed by atoms with E-state index >= 15 is 0 Å². The number of rotatable bonds is 10. The number of anilines is 1. The Morgan fingerprint density at radius 2 is 1.66 bits per heavy atom. The van der Waals surface area contributed by atoms with Crippen LogP contribution in [0.5, 0.6) is 5.75 Å². The van der Waals surface area contributed by atoms with Gasteiger partial charge in [-0.05, 0) is 55.2 Å². The van der Waals surface area contributed by atoms with Crippen molar-refractivity contribution >= 4 is 17.6 Å². The largest absolute Gasteiger partial charge is 0.497 e. The summed E-state index contributed by atoms with van der Waals surface area (Å²) in [6, 6.07) is 15.9. The van der Waals surface area contributed by atoms with Crippen molar-refractivity contribution in [3.63, 3.8) is 0 Å². The lowest BCUT2D eigenvalue weighted by Gasteiger charge is -2.12. The zero-order valence-electron chi connectivity index (χ0n) is 17.6. The SMILES string of the molecule is CCCC(=O)Nc1ccc(CN=C(NCC)NCCc2ccc(OC)cc2)cc1. The van der Waals surface area contributed by atoms with Crippen molar-refractivity contribution in [1.29, 1.82) is 0 Å². The predicted octanol–water partition coefficient (Wildman–Crippen LogP) is 3.73. The Hall–Kier alpha value is -3.02.